The molecule has 0 saturated carbocycles. The highest BCUT2D eigenvalue weighted by Crippen LogP contribution is 2.38. The lowest BCUT2D eigenvalue weighted by Crippen LogP contribution is -2.55. The number of aliphatic hydroxyl groups is 1. The smallest absolute Gasteiger partial charge is 0.412 e. The Labute approximate surface area is 107 Å². The van der Waals surface area contributed by atoms with Gasteiger partial charge in [-0.15, -0.1) is 4.91 Å². The van der Waals surface area contributed by atoms with E-state index in [1.54, 1.807) is 20.8 Å². The number of nitroso groups, excluding NO2 is 1. The molecule has 104 valence electrons. The van der Waals surface area contributed by atoms with E-state index >= 15 is 0 Å². The number of carbonyl (C=O) groups is 1. The van der Waals surface area contributed by atoms with Crippen LogP contribution in [0.5, 0.6) is 0 Å². The van der Waals surface area contributed by atoms with Crippen molar-refractivity contribution in [2.75, 3.05) is 0 Å². The highest BCUT2D eigenvalue weighted by molar-refractivity contribution is 5.70. The molecular formula is C12H22N2O4. The number of ether oxygens (including phenoxy) is 1. The fourth-order valence-corrected chi connectivity index (χ4v) is 2.28. The SMILES string of the molecule is CC1CCC(N=O)(C(C)O)N1C(=O)OC(C)(C)C. The summed E-state index contributed by atoms with van der Waals surface area (Å²) in [7, 11) is 0. The molecule has 1 aliphatic heterocycles. The van der Waals surface area contributed by atoms with Crippen LogP contribution in [0.2, 0.25) is 0 Å². The monoisotopic (exact) mass is 258 g/mol. The van der Waals surface area contributed by atoms with Crippen LogP contribution in [-0.4, -0.2) is 39.5 Å². The molecule has 18 heavy (non-hydrogen) atoms. The van der Waals surface area contributed by atoms with Crippen molar-refractivity contribution >= 4 is 6.09 Å². The second-order valence-corrected chi connectivity index (χ2v) is 5.88. The van der Waals surface area contributed by atoms with E-state index in [1.165, 1.54) is 11.8 Å². The Bertz CT molecular complexity index is 337. The standard InChI is InChI=1S/C12H22N2O4/c1-8-6-7-12(13-17,9(2)15)14(8)10(16)18-11(3,4)5/h8-9,15H,6-7H2,1-5H3. The van der Waals surface area contributed by atoms with E-state index in [0.717, 1.165) is 0 Å². The van der Waals surface area contributed by atoms with Gasteiger partial charge < -0.3 is 9.84 Å². The van der Waals surface area contributed by atoms with Crippen LogP contribution in [0.1, 0.15) is 47.5 Å². The van der Waals surface area contributed by atoms with Crippen molar-refractivity contribution in [3.63, 3.8) is 0 Å². The van der Waals surface area contributed by atoms with Crippen molar-refractivity contribution in [3.05, 3.63) is 4.91 Å². The molecule has 6 nitrogen and oxygen atoms in total. The van der Waals surface area contributed by atoms with Gasteiger partial charge >= 0.3 is 6.09 Å². The van der Waals surface area contributed by atoms with E-state index < -0.39 is 23.5 Å². The largest absolute Gasteiger partial charge is 0.444 e. The maximum atomic E-state index is 12.1. The summed E-state index contributed by atoms with van der Waals surface area (Å²) in [6, 6.07) is -0.174. The molecule has 0 aromatic rings. The fourth-order valence-electron chi connectivity index (χ4n) is 2.28. The molecule has 3 atom stereocenters. The maximum absolute atomic E-state index is 12.1. The minimum atomic E-state index is -1.40. The van der Waals surface area contributed by atoms with E-state index in [1.807, 2.05) is 6.92 Å². The summed E-state index contributed by atoms with van der Waals surface area (Å²) in [4.78, 5) is 24.6. The van der Waals surface area contributed by atoms with Crippen LogP contribution in [0.25, 0.3) is 0 Å². The van der Waals surface area contributed by atoms with Gasteiger partial charge in [0.2, 0.25) is 5.66 Å². The zero-order valence-electron chi connectivity index (χ0n) is 11.6. The first kappa shape index (κ1) is 14.9. The van der Waals surface area contributed by atoms with Crippen molar-refractivity contribution in [1.82, 2.24) is 4.90 Å². The van der Waals surface area contributed by atoms with Crippen LogP contribution >= 0.6 is 0 Å². The normalized spacial score (nSPS) is 30.1. The van der Waals surface area contributed by atoms with Gasteiger partial charge in [-0.05, 0) is 52.6 Å². The highest BCUT2D eigenvalue weighted by Gasteiger charge is 2.53. The molecular weight excluding hydrogens is 236 g/mol. The number of rotatable bonds is 2. The number of hydrogen-bond donors (Lipinski definition) is 1. The molecule has 1 amide bonds. The third kappa shape index (κ3) is 2.63. The predicted molar refractivity (Wildman–Crippen MR) is 67.0 cm³/mol. The lowest BCUT2D eigenvalue weighted by atomic mass is 10.0. The first-order valence-corrected chi connectivity index (χ1v) is 6.19. The van der Waals surface area contributed by atoms with E-state index in [0.29, 0.717) is 12.8 Å². The zero-order valence-corrected chi connectivity index (χ0v) is 11.6. The lowest BCUT2D eigenvalue weighted by molar-refractivity contribution is -0.0336. The van der Waals surface area contributed by atoms with Gasteiger partial charge in [0.05, 0.1) is 6.10 Å². The Morgan fingerprint density at radius 1 is 1.56 bits per heavy atom. The van der Waals surface area contributed by atoms with Crippen molar-refractivity contribution < 1.29 is 14.6 Å². The summed E-state index contributed by atoms with van der Waals surface area (Å²) in [6.07, 6.45) is -0.648. The first-order chi connectivity index (χ1) is 8.14. The summed E-state index contributed by atoms with van der Waals surface area (Å²) >= 11 is 0. The number of aliphatic hydroxyl groups excluding tert-OH is 1. The van der Waals surface area contributed by atoms with Gasteiger partial charge in [-0.25, -0.2) is 4.79 Å². The van der Waals surface area contributed by atoms with Crippen LogP contribution in [-0.2, 0) is 4.74 Å². The summed E-state index contributed by atoms with van der Waals surface area (Å²) < 4.78 is 5.28. The third-order valence-electron chi connectivity index (χ3n) is 3.21. The fraction of sp³-hybridized carbons (Fsp3) is 0.917. The molecule has 0 aromatic heterocycles. The number of nitrogens with zero attached hydrogens (tertiary/aromatic N) is 2. The van der Waals surface area contributed by atoms with Crippen molar-refractivity contribution in [3.8, 4) is 0 Å². The number of hydrogen-bond acceptors (Lipinski definition) is 5. The topological polar surface area (TPSA) is 79.2 Å². The van der Waals surface area contributed by atoms with E-state index in [4.69, 9.17) is 4.74 Å². The minimum Gasteiger partial charge on any atom is -0.444 e. The molecule has 0 bridgehead atoms. The lowest BCUT2D eigenvalue weighted by Gasteiger charge is -2.37. The van der Waals surface area contributed by atoms with Crippen LogP contribution in [0.15, 0.2) is 5.18 Å². The molecule has 1 rings (SSSR count). The summed E-state index contributed by atoms with van der Waals surface area (Å²) in [5.74, 6) is 0. The molecule has 1 aliphatic rings. The minimum absolute atomic E-state index is 0.174. The first-order valence-electron chi connectivity index (χ1n) is 6.19. The maximum Gasteiger partial charge on any atom is 0.412 e. The Balaban J connectivity index is 3.02. The van der Waals surface area contributed by atoms with Gasteiger partial charge in [0, 0.05) is 6.04 Å². The molecule has 0 aromatic carbocycles. The average Bonchev–Trinajstić information content (AvgIpc) is 2.53. The molecule has 0 radical (unpaired) electrons. The van der Waals surface area contributed by atoms with Crippen molar-refractivity contribution in [1.29, 1.82) is 0 Å². The van der Waals surface area contributed by atoms with Gasteiger partial charge in [-0.1, -0.05) is 0 Å². The zero-order chi connectivity index (χ0) is 14.1. The second kappa shape index (κ2) is 4.84. The number of amides is 1. The van der Waals surface area contributed by atoms with E-state index in [2.05, 4.69) is 5.18 Å². The quantitative estimate of drug-likeness (QED) is 0.770. The Morgan fingerprint density at radius 2 is 2.11 bits per heavy atom. The van der Waals surface area contributed by atoms with Crippen LogP contribution in [0.4, 0.5) is 4.79 Å². The van der Waals surface area contributed by atoms with Gasteiger partial charge in [0.25, 0.3) is 0 Å². The molecule has 6 heteroatoms. The van der Waals surface area contributed by atoms with Crippen molar-refractivity contribution in [2.24, 2.45) is 5.18 Å². The van der Waals surface area contributed by atoms with Crippen molar-refractivity contribution in [2.45, 2.75) is 70.9 Å². The summed E-state index contributed by atoms with van der Waals surface area (Å²) in [6.45, 7) is 8.55. The summed E-state index contributed by atoms with van der Waals surface area (Å²) in [5, 5.41) is 12.8. The molecule has 1 heterocycles. The Hall–Kier alpha value is -1.17. The van der Waals surface area contributed by atoms with Crippen LogP contribution in [0.3, 0.4) is 0 Å². The Morgan fingerprint density at radius 3 is 2.50 bits per heavy atom. The average molecular weight is 258 g/mol. The predicted octanol–water partition coefficient (Wildman–Crippen LogP) is 2.25. The van der Waals surface area contributed by atoms with E-state index in [-0.39, 0.29) is 6.04 Å². The molecule has 1 fully saturated rings. The van der Waals surface area contributed by atoms with Crippen LogP contribution < -0.4 is 0 Å². The van der Waals surface area contributed by atoms with Gasteiger partial charge in [-0.2, -0.15) is 0 Å². The van der Waals surface area contributed by atoms with Gasteiger partial charge in [-0.3, -0.25) is 4.90 Å². The third-order valence-corrected chi connectivity index (χ3v) is 3.21. The molecule has 0 spiro atoms. The number of likely N-dealkylation sites (tertiary alicyclic amines) is 1. The molecule has 0 aliphatic carbocycles. The molecule has 3 unspecified atom stereocenters. The van der Waals surface area contributed by atoms with Gasteiger partial charge in [0.1, 0.15) is 5.60 Å². The molecule has 1 saturated heterocycles. The number of carbonyl (C=O) groups excluding carboxylic acids is 1. The van der Waals surface area contributed by atoms with Gasteiger partial charge in [0.15, 0.2) is 0 Å². The van der Waals surface area contributed by atoms with E-state index in [9.17, 15) is 14.8 Å². The van der Waals surface area contributed by atoms with Crippen LogP contribution in [0, 0.1) is 4.91 Å². The highest BCUT2D eigenvalue weighted by atomic mass is 16.6. The molecule has 1 N–H and O–H groups in total. The Kier molecular flexibility index (Phi) is 4.00. The summed E-state index contributed by atoms with van der Waals surface area (Å²) in [5.41, 5.74) is -2.05. The second-order valence-electron chi connectivity index (χ2n) is 5.88.